The lowest BCUT2D eigenvalue weighted by Crippen LogP contribution is -2.14. The highest BCUT2D eigenvalue weighted by Crippen LogP contribution is 2.22. The molecule has 0 radical (unpaired) electrons. The van der Waals surface area contributed by atoms with Crippen LogP contribution in [0.25, 0.3) is 5.95 Å². The monoisotopic (exact) mass is 284 g/mol. The van der Waals surface area contributed by atoms with E-state index in [4.69, 9.17) is 10.6 Å². The van der Waals surface area contributed by atoms with Crippen LogP contribution in [0.2, 0.25) is 0 Å². The summed E-state index contributed by atoms with van der Waals surface area (Å²) in [6.07, 6.45) is 2.84. The first-order chi connectivity index (χ1) is 10.3. The molecule has 0 unspecified atom stereocenters. The Hall–Kier alpha value is -3.07. The maximum atomic E-state index is 5.67. The minimum Gasteiger partial charge on any atom is -0.424 e. The molecule has 3 rings (SSSR count). The average Bonchev–Trinajstić information content (AvgIpc) is 3.04. The van der Waals surface area contributed by atoms with Crippen molar-refractivity contribution in [2.24, 2.45) is 5.84 Å². The minimum atomic E-state index is 0.109. The maximum Gasteiger partial charge on any atom is 0.328 e. The minimum absolute atomic E-state index is 0.109. The third-order valence-corrected chi connectivity index (χ3v) is 2.65. The number of nitrogens with two attached hydrogens (primary N) is 1. The zero-order valence-corrected chi connectivity index (χ0v) is 11.1. The van der Waals surface area contributed by atoms with Gasteiger partial charge in [0.25, 0.3) is 5.95 Å². The molecular formula is C12H12N8O. The van der Waals surface area contributed by atoms with E-state index in [9.17, 15) is 0 Å². The summed E-state index contributed by atoms with van der Waals surface area (Å²) < 4.78 is 7.05. The van der Waals surface area contributed by atoms with E-state index < -0.39 is 0 Å². The van der Waals surface area contributed by atoms with Crippen LogP contribution in [0.1, 0.15) is 5.56 Å². The Morgan fingerprint density at radius 3 is 2.76 bits per heavy atom. The van der Waals surface area contributed by atoms with Crippen LogP contribution in [0.5, 0.6) is 11.8 Å². The molecule has 0 saturated carbocycles. The first kappa shape index (κ1) is 12.9. The third kappa shape index (κ3) is 2.77. The number of nitrogen functional groups attached to an aromatic ring is 1. The van der Waals surface area contributed by atoms with E-state index in [0.717, 1.165) is 5.56 Å². The van der Waals surface area contributed by atoms with Crippen LogP contribution >= 0.6 is 0 Å². The van der Waals surface area contributed by atoms with Gasteiger partial charge in [0, 0.05) is 0 Å². The molecule has 0 amide bonds. The number of benzene rings is 1. The number of aryl methyl sites for hydroxylation is 1. The van der Waals surface area contributed by atoms with Gasteiger partial charge in [0.15, 0.2) is 0 Å². The number of aromatic nitrogens is 6. The largest absolute Gasteiger partial charge is 0.424 e. The van der Waals surface area contributed by atoms with Gasteiger partial charge in [-0.05, 0) is 18.6 Å². The summed E-state index contributed by atoms with van der Waals surface area (Å²) in [5.41, 5.74) is 3.33. The van der Waals surface area contributed by atoms with Gasteiger partial charge in [-0.3, -0.25) is 5.43 Å². The Labute approximate surface area is 119 Å². The molecule has 0 aliphatic heterocycles. The summed E-state index contributed by atoms with van der Waals surface area (Å²) in [6.45, 7) is 1.93. The molecule has 21 heavy (non-hydrogen) atoms. The second-order valence-corrected chi connectivity index (χ2v) is 4.09. The fraction of sp³-hybridized carbons (Fsp3) is 0.0833. The Morgan fingerprint density at radius 2 is 2.05 bits per heavy atom. The van der Waals surface area contributed by atoms with E-state index >= 15 is 0 Å². The van der Waals surface area contributed by atoms with Crippen molar-refractivity contribution in [3.8, 4) is 17.7 Å². The number of nitrogens with zero attached hydrogens (tertiary/aromatic N) is 6. The van der Waals surface area contributed by atoms with Crippen molar-refractivity contribution >= 4 is 5.95 Å². The molecule has 106 valence electrons. The highest BCUT2D eigenvalue weighted by molar-refractivity contribution is 5.35. The van der Waals surface area contributed by atoms with Crippen LogP contribution in [-0.4, -0.2) is 29.7 Å². The van der Waals surface area contributed by atoms with E-state index in [1.807, 2.05) is 31.2 Å². The molecule has 0 fully saturated rings. The van der Waals surface area contributed by atoms with Crippen LogP contribution < -0.4 is 16.0 Å². The lowest BCUT2D eigenvalue weighted by atomic mass is 10.2. The molecule has 0 spiro atoms. The van der Waals surface area contributed by atoms with Crippen molar-refractivity contribution in [3.05, 3.63) is 42.5 Å². The van der Waals surface area contributed by atoms with Crippen LogP contribution in [0.15, 0.2) is 36.9 Å². The van der Waals surface area contributed by atoms with Gasteiger partial charge in [0.05, 0.1) is 0 Å². The second kappa shape index (κ2) is 5.51. The smallest absolute Gasteiger partial charge is 0.328 e. The molecular weight excluding hydrogens is 272 g/mol. The summed E-state index contributed by atoms with van der Waals surface area (Å²) in [5, 5.41) is 3.96. The molecule has 9 nitrogen and oxygen atoms in total. The van der Waals surface area contributed by atoms with Gasteiger partial charge in [-0.15, -0.1) is 0 Å². The summed E-state index contributed by atoms with van der Waals surface area (Å²) in [5.74, 6) is 6.42. The molecule has 2 heterocycles. The fourth-order valence-electron chi connectivity index (χ4n) is 1.64. The predicted octanol–water partition coefficient (Wildman–Crippen LogP) is 0.839. The zero-order valence-electron chi connectivity index (χ0n) is 11.1. The second-order valence-electron chi connectivity index (χ2n) is 4.09. The van der Waals surface area contributed by atoms with Crippen molar-refractivity contribution in [1.29, 1.82) is 0 Å². The fourth-order valence-corrected chi connectivity index (χ4v) is 1.64. The van der Waals surface area contributed by atoms with Crippen LogP contribution in [-0.2, 0) is 0 Å². The maximum absolute atomic E-state index is 5.67. The van der Waals surface area contributed by atoms with Crippen molar-refractivity contribution in [1.82, 2.24) is 29.7 Å². The van der Waals surface area contributed by atoms with E-state index in [0.29, 0.717) is 5.75 Å². The van der Waals surface area contributed by atoms with Gasteiger partial charge < -0.3 is 4.74 Å². The van der Waals surface area contributed by atoms with Crippen molar-refractivity contribution in [2.45, 2.75) is 6.92 Å². The number of ether oxygens (including phenoxy) is 1. The molecule has 0 aliphatic rings. The Balaban J connectivity index is 1.99. The normalized spacial score (nSPS) is 10.4. The highest BCUT2D eigenvalue weighted by atomic mass is 16.5. The van der Waals surface area contributed by atoms with E-state index in [1.165, 1.54) is 17.3 Å². The van der Waals surface area contributed by atoms with Gasteiger partial charge in [-0.1, -0.05) is 18.2 Å². The van der Waals surface area contributed by atoms with Crippen LogP contribution in [0.4, 0.5) is 5.95 Å². The molecule has 3 N–H and O–H groups in total. The van der Waals surface area contributed by atoms with Crippen LogP contribution in [0, 0.1) is 6.92 Å². The van der Waals surface area contributed by atoms with Crippen LogP contribution in [0.3, 0.4) is 0 Å². The molecule has 2 aromatic heterocycles. The van der Waals surface area contributed by atoms with Gasteiger partial charge in [0.2, 0.25) is 5.95 Å². The first-order valence-electron chi connectivity index (χ1n) is 6.07. The number of anilines is 1. The molecule has 0 bridgehead atoms. The van der Waals surface area contributed by atoms with Gasteiger partial charge in [0.1, 0.15) is 18.4 Å². The summed E-state index contributed by atoms with van der Waals surface area (Å²) in [6, 6.07) is 7.64. The lowest BCUT2D eigenvalue weighted by Gasteiger charge is -2.08. The molecule has 9 heteroatoms. The van der Waals surface area contributed by atoms with Crippen molar-refractivity contribution in [2.75, 3.05) is 5.43 Å². The van der Waals surface area contributed by atoms with E-state index in [2.05, 4.69) is 30.5 Å². The van der Waals surface area contributed by atoms with E-state index in [1.54, 1.807) is 0 Å². The molecule has 3 aromatic rings. The molecule has 1 aromatic carbocycles. The zero-order chi connectivity index (χ0) is 14.7. The quantitative estimate of drug-likeness (QED) is 0.534. The summed E-state index contributed by atoms with van der Waals surface area (Å²) in [7, 11) is 0. The Morgan fingerprint density at radius 1 is 1.19 bits per heavy atom. The van der Waals surface area contributed by atoms with Crippen molar-refractivity contribution in [3.63, 3.8) is 0 Å². The first-order valence-corrected chi connectivity index (χ1v) is 6.07. The summed E-state index contributed by atoms with van der Waals surface area (Å²) in [4.78, 5) is 16.2. The topological polar surface area (TPSA) is 117 Å². The number of para-hydroxylation sites is 1. The Bertz CT molecular complexity index is 743. The van der Waals surface area contributed by atoms with Gasteiger partial charge in [-0.25, -0.2) is 10.8 Å². The van der Waals surface area contributed by atoms with Crippen molar-refractivity contribution < 1.29 is 4.74 Å². The third-order valence-electron chi connectivity index (χ3n) is 2.65. The average molecular weight is 284 g/mol. The number of hydrazine groups is 1. The van der Waals surface area contributed by atoms with Gasteiger partial charge >= 0.3 is 6.01 Å². The molecule has 0 aliphatic carbocycles. The molecule has 0 saturated heterocycles. The number of hydrogen-bond donors (Lipinski definition) is 2. The predicted molar refractivity (Wildman–Crippen MR) is 73.8 cm³/mol. The molecule has 0 atom stereocenters. The SMILES string of the molecule is Cc1ccccc1Oc1nc(NN)nc(-n2cncn2)n1. The Kier molecular flexibility index (Phi) is 3.39. The summed E-state index contributed by atoms with van der Waals surface area (Å²) >= 11 is 0. The number of nitrogens with one attached hydrogen (secondary N) is 1. The lowest BCUT2D eigenvalue weighted by molar-refractivity contribution is 0.435. The standard InChI is InChI=1S/C12H12N8O/c1-8-4-2-3-5-9(8)21-12-17-10(19-13)16-11(18-12)20-7-14-6-15-20/h2-7H,13H2,1H3,(H,16,17,18,19). The van der Waals surface area contributed by atoms with E-state index in [-0.39, 0.29) is 17.9 Å². The number of hydrogen-bond acceptors (Lipinski definition) is 8. The number of rotatable bonds is 4. The highest BCUT2D eigenvalue weighted by Gasteiger charge is 2.11. The van der Waals surface area contributed by atoms with Gasteiger partial charge in [-0.2, -0.15) is 24.7 Å².